The van der Waals surface area contributed by atoms with Crippen molar-refractivity contribution >= 4 is 34.2 Å². The van der Waals surface area contributed by atoms with Crippen LogP contribution in [0.15, 0.2) is 34.1 Å². The van der Waals surface area contributed by atoms with Crippen LogP contribution in [0, 0.1) is 5.92 Å². The van der Waals surface area contributed by atoms with Gasteiger partial charge in [0, 0.05) is 63.8 Å². The Morgan fingerprint density at radius 1 is 1.30 bits per heavy atom. The van der Waals surface area contributed by atoms with E-state index in [0.717, 1.165) is 38.2 Å². The Bertz CT molecular complexity index is 851. The number of carbonyl (C=O) groups excluding carboxylic acids is 1. The van der Waals surface area contributed by atoms with Gasteiger partial charge in [-0.15, -0.1) is 0 Å². The number of aromatic nitrogens is 1. The first-order valence-electron chi connectivity index (χ1n) is 9.25. The number of piperidine rings is 1. The van der Waals surface area contributed by atoms with E-state index in [1.807, 2.05) is 16.8 Å². The first-order valence-corrected chi connectivity index (χ1v) is 10.5. The smallest absolute Gasteiger partial charge is 0.267 e. The monoisotopic (exact) mass is 405 g/mol. The molecular formula is C19H23N3O3S2. The zero-order valence-corrected chi connectivity index (χ0v) is 16.9. The van der Waals surface area contributed by atoms with Crippen LogP contribution < -0.4 is 5.56 Å². The predicted molar refractivity (Wildman–Crippen MR) is 110 cm³/mol. The standard InChI is InChI=1S/C19H23N3O3S2/c1-25-7-3-6-21-18(24)16(27-19(21)26)12-20-9-13-8-14(11-20)15-4-2-5-17(23)22(15)10-13/h2,4-5,12-14H,3,6-11H2,1H3/b16-12-/t13-,14-/m0/s1. The molecule has 27 heavy (non-hydrogen) atoms. The van der Waals surface area contributed by atoms with Gasteiger partial charge >= 0.3 is 0 Å². The van der Waals surface area contributed by atoms with Crippen LogP contribution in [0.2, 0.25) is 0 Å². The van der Waals surface area contributed by atoms with Crippen molar-refractivity contribution in [2.45, 2.75) is 25.3 Å². The van der Waals surface area contributed by atoms with Crippen LogP contribution >= 0.6 is 24.0 Å². The summed E-state index contributed by atoms with van der Waals surface area (Å²) < 4.78 is 7.61. The molecule has 2 saturated heterocycles. The minimum Gasteiger partial charge on any atom is -0.385 e. The van der Waals surface area contributed by atoms with E-state index in [4.69, 9.17) is 17.0 Å². The fraction of sp³-hybridized carbons (Fsp3) is 0.526. The Kier molecular flexibility index (Phi) is 5.39. The van der Waals surface area contributed by atoms with Crippen LogP contribution in [0.5, 0.6) is 0 Å². The van der Waals surface area contributed by atoms with Gasteiger partial charge in [-0.05, 0) is 24.8 Å². The van der Waals surface area contributed by atoms with Crippen LogP contribution in [0.25, 0.3) is 0 Å². The Balaban J connectivity index is 1.49. The number of rotatable bonds is 5. The molecule has 2 atom stereocenters. The van der Waals surface area contributed by atoms with Gasteiger partial charge in [0.2, 0.25) is 0 Å². The third-order valence-corrected chi connectivity index (χ3v) is 6.78. The van der Waals surface area contributed by atoms with Gasteiger partial charge in [0.05, 0.1) is 4.91 Å². The topological polar surface area (TPSA) is 54.8 Å². The van der Waals surface area contributed by atoms with E-state index < -0.39 is 0 Å². The normalized spacial score (nSPS) is 26.0. The molecule has 0 saturated carbocycles. The molecule has 0 spiro atoms. The van der Waals surface area contributed by atoms with Gasteiger partial charge < -0.3 is 14.2 Å². The number of fused-ring (bicyclic) bond motifs is 4. The summed E-state index contributed by atoms with van der Waals surface area (Å²) in [7, 11) is 1.66. The molecule has 4 rings (SSSR count). The molecule has 6 nitrogen and oxygen atoms in total. The van der Waals surface area contributed by atoms with Crippen LogP contribution in [-0.4, -0.2) is 57.9 Å². The maximum Gasteiger partial charge on any atom is 0.267 e. The SMILES string of the molecule is COCCCN1C(=O)/C(=C/N2C[C@@H]3C[C@@H](C2)c2cccc(=O)n2C3)SC1=S. The lowest BCUT2D eigenvalue weighted by Crippen LogP contribution is -2.45. The number of nitrogens with zero attached hydrogens (tertiary/aromatic N) is 3. The van der Waals surface area contributed by atoms with E-state index in [1.54, 1.807) is 18.1 Å². The first-order chi connectivity index (χ1) is 13.1. The maximum absolute atomic E-state index is 12.7. The third-order valence-electron chi connectivity index (χ3n) is 5.41. The molecule has 0 unspecified atom stereocenters. The maximum atomic E-state index is 12.7. The van der Waals surface area contributed by atoms with Crippen LogP contribution in [0.3, 0.4) is 0 Å². The van der Waals surface area contributed by atoms with Crippen molar-refractivity contribution in [1.82, 2.24) is 14.4 Å². The van der Waals surface area contributed by atoms with Gasteiger partial charge in [-0.3, -0.25) is 14.5 Å². The highest BCUT2D eigenvalue weighted by atomic mass is 32.2. The molecule has 2 bridgehead atoms. The van der Waals surface area contributed by atoms with Crippen molar-refractivity contribution in [3.05, 3.63) is 45.4 Å². The van der Waals surface area contributed by atoms with Gasteiger partial charge in [-0.2, -0.15) is 0 Å². The lowest BCUT2D eigenvalue weighted by molar-refractivity contribution is -0.122. The highest BCUT2D eigenvalue weighted by Crippen LogP contribution is 2.37. The van der Waals surface area contributed by atoms with E-state index >= 15 is 0 Å². The van der Waals surface area contributed by atoms with Crippen molar-refractivity contribution in [2.75, 3.05) is 33.4 Å². The molecule has 8 heteroatoms. The quantitative estimate of drug-likeness (QED) is 0.424. The summed E-state index contributed by atoms with van der Waals surface area (Å²) in [5, 5.41) is 0. The van der Waals surface area contributed by atoms with E-state index in [1.165, 1.54) is 11.8 Å². The van der Waals surface area contributed by atoms with E-state index in [-0.39, 0.29) is 11.5 Å². The fourth-order valence-electron chi connectivity index (χ4n) is 4.25. The molecule has 0 aliphatic carbocycles. The number of carbonyl (C=O) groups is 1. The molecule has 0 aromatic carbocycles. The van der Waals surface area contributed by atoms with Gasteiger partial charge in [0.15, 0.2) is 0 Å². The largest absolute Gasteiger partial charge is 0.385 e. The highest BCUT2D eigenvalue weighted by Gasteiger charge is 2.36. The number of likely N-dealkylation sites (tertiary alicyclic amines) is 1. The molecular weight excluding hydrogens is 382 g/mol. The van der Waals surface area contributed by atoms with Gasteiger partial charge in [0.1, 0.15) is 4.32 Å². The minimum absolute atomic E-state index is 0.00606. The van der Waals surface area contributed by atoms with E-state index in [9.17, 15) is 9.59 Å². The zero-order valence-electron chi connectivity index (χ0n) is 15.3. The molecule has 1 aromatic heterocycles. The molecule has 1 amide bonds. The summed E-state index contributed by atoms with van der Waals surface area (Å²) in [4.78, 5) is 29.5. The summed E-state index contributed by atoms with van der Waals surface area (Å²) in [6.45, 7) is 3.66. The van der Waals surface area contributed by atoms with Crippen molar-refractivity contribution < 1.29 is 9.53 Å². The van der Waals surface area contributed by atoms with Gasteiger partial charge in [0.25, 0.3) is 11.5 Å². The predicted octanol–water partition coefficient (Wildman–Crippen LogP) is 2.01. The molecule has 0 N–H and O–H groups in total. The molecule has 3 aliphatic heterocycles. The van der Waals surface area contributed by atoms with Crippen LogP contribution in [-0.2, 0) is 16.1 Å². The number of pyridine rings is 1. The second-order valence-corrected chi connectivity index (χ2v) is 8.99. The molecule has 1 aromatic rings. The number of hydrogen-bond acceptors (Lipinski definition) is 6. The number of thioether (sulfide) groups is 1. The summed E-state index contributed by atoms with van der Waals surface area (Å²) in [5.41, 5.74) is 1.21. The first kappa shape index (κ1) is 18.7. The zero-order chi connectivity index (χ0) is 19.0. The van der Waals surface area contributed by atoms with Crippen molar-refractivity contribution in [2.24, 2.45) is 5.92 Å². The van der Waals surface area contributed by atoms with Gasteiger partial charge in [-0.25, -0.2) is 0 Å². The summed E-state index contributed by atoms with van der Waals surface area (Å²) in [5.74, 6) is 0.752. The van der Waals surface area contributed by atoms with E-state index in [2.05, 4.69) is 11.0 Å². The van der Waals surface area contributed by atoms with Crippen molar-refractivity contribution in [3.8, 4) is 0 Å². The fourth-order valence-corrected chi connectivity index (χ4v) is 5.57. The molecule has 4 heterocycles. The second kappa shape index (κ2) is 7.77. The lowest BCUT2D eigenvalue weighted by atomic mass is 9.83. The number of methoxy groups -OCH3 is 1. The van der Waals surface area contributed by atoms with Crippen molar-refractivity contribution in [3.63, 3.8) is 0 Å². The Morgan fingerprint density at radius 3 is 2.96 bits per heavy atom. The summed E-state index contributed by atoms with van der Waals surface area (Å²) >= 11 is 6.77. The highest BCUT2D eigenvalue weighted by molar-refractivity contribution is 8.26. The van der Waals surface area contributed by atoms with Crippen LogP contribution in [0.1, 0.15) is 24.5 Å². The average Bonchev–Trinajstić information content (AvgIpc) is 2.90. The molecule has 0 radical (unpaired) electrons. The minimum atomic E-state index is -0.00606. The average molecular weight is 406 g/mol. The molecule has 2 fully saturated rings. The molecule has 3 aliphatic rings. The summed E-state index contributed by atoms with van der Waals surface area (Å²) in [6, 6.07) is 5.54. The number of thiocarbonyl (C=S) groups is 1. The number of ether oxygens (including phenoxy) is 1. The second-order valence-electron chi connectivity index (χ2n) is 7.32. The Morgan fingerprint density at radius 2 is 2.15 bits per heavy atom. The summed E-state index contributed by atoms with van der Waals surface area (Å²) in [6.07, 6.45) is 3.85. The Labute approximate surface area is 168 Å². The molecule has 144 valence electrons. The van der Waals surface area contributed by atoms with Crippen molar-refractivity contribution in [1.29, 1.82) is 0 Å². The number of hydrogen-bond donors (Lipinski definition) is 0. The van der Waals surface area contributed by atoms with Gasteiger partial charge in [-0.1, -0.05) is 30.0 Å². The lowest BCUT2D eigenvalue weighted by Gasteiger charge is -2.42. The van der Waals surface area contributed by atoms with E-state index in [0.29, 0.717) is 34.2 Å². The van der Waals surface area contributed by atoms with Crippen LogP contribution in [0.4, 0.5) is 0 Å². The Hall–Kier alpha value is -1.64. The number of amides is 1. The third kappa shape index (κ3) is 3.70.